The van der Waals surface area contributed by atoms with Gasteiger partial charge in [0.05, 0.1) is 13.7 Å². The first-order chi connectivity index (χ1) is 12.7. The average molecular weight is 373 g/mol. The van der Waals surface area contributed by atoms with Crippen molar-refractivity contribution in [2.24, 2.45) is 5.41 Å². The van der Waals surface area contributed by atoms with Crippen molar-refractivity contribution < 1.29 is 18.3 Å². The van der Waals surface area contributed by atoms with E-state index in [9.17, 15) is 13.6 Å². The fourth-order valence-electron chi connectivity index (χ4n) is 2.13. The van der Waals surface area contributed by atoms with E-state index in [2.05, 4.69) is 27.5 Å². The molecule has 0 aliphatic carbocycles. The number of nitrogens with one attached hydrogen (secondary N) is 2. The third-order valence-corrected chi connectivity index (χ3v) is 3.23. The van der Waals surface area contributed by atoms with E-state index in [1.165, 1.54) is 13.2 Å². The van der Waals surface area contributed by atoms with Crippen LogP contribution >= 0.6 is 0 Å². The second-order valence-corrected chi connectivity index (χ2v) is 6.76. The van der Waals surface area contributed by atoms with Gasteiger partial charge in [-0.15, -0.1) is 0 Å². The van der Waals surface area contributed by atoms with Gasteiger partial charge in [-0.3, -0.25) is 4.79 Å². The van der Waals surface area contributed by atoms with Gasteiger partial charge >= 0.3 is 0 Å². The van der Waals surface area contributed by atoms with Gasteiger partial charge in [-0.25, -0.2) is 13.8 Å². The Kier molecular flexibility index (Phi) is 6.35. The molecule has 1 aromatic carbocycles. The van der Waals surface area contributed by atoms with E-state index < -0.39 is 17.5 Å². The summed E-state index contributed by atoms with van der Waals surface area (Å²) in [4.78, 5) is 16.6. The number of aromatic nitrogens is 1. The molecule has 0 fully saturated rings. The van der Waals surface area contributed by atoms with Crippen LogP contribution in [0.3, 0.4) is 0 Å². The quantitative estimate of drug-likeness (QED) is 0.781. The SMILES string of the molecule is COc1ccc(Nc2cc(F)cc(F)c2)nc1C(=O)NCC#CC(C)(C)C. The molecular formula is C20H21F2N3O2. The number of hydrogen-bond donors (Lipinski definition) is 2. The lowest BCUT2D eigenvalue weighted by Crippen LogP contribution is -2.25. The van der Waals surface area contributed by atoms with Crippen molar-refractivity contribution in [3.63, 3.8) is 0 Å². The van der Waals surface area contributed by atoms with E-state index >= 15 is 0 Å². The number of nitrogens with zero attached hydrogens (tertiary/aromatic N) is 1. The first kappa shape index (κ1) is 20.2. The van der Waals surface area contributed by atoms with Crippen LogP contribution in [0.1, 0.15) is 31.3 Å². The van der Waals surface area contributed by atoms with E-state index in [1.807, 2.05) is 20.8 Å². The molecule has 5 nitrogen and oxygen atoms in total. The molecule has 1 aromatic heterocycles. The van der Waals surface area contributed by atoms with Crippen LogP contribution in [-0.2, 0) is 0 Å². The molecule has 2 aromatic rings. The Morgan fingerprint density at radius 2 is 1.85 bits per heavy atom. The highest BCUT2D eigenvalue weighted by molar-refractivity contribution is 5.95. The van der Waals surface area contributed by atoms with Crippen LogP contribution in [0.4, 0.5) is 20.3 Å². The number of halogens is 2. The first-order valence-corrected chi connectivity index (χ1v) is 8.24. The number of pyridine rings is 1. The second kappa shape index (κ2) is 8.49. The van der Waals surface area contributed by atoms with Gasteiger partial charge in [-0.2, -0.15) is 0 Å². The van der Waals surface area contributed by atoms with Crippen LogP contribution in [0, 0.1) is 28.9 Å². The maximum Gasteiger partial charge on any atom is 0.274 e. The lowest BCUT2D eigenvalue weighted by Gasteiger charge is -2.11. The van der Waals surface area contributed by atoms with Crippen LogP contribution in [0.15, 0.2) is 30.3 Å². The predicted molar refractivity (Wildman–Crippen MR) is 100.0 cm³/mol. The summed E-state index contributed by atoms with van der Waals surface area (Å²) in [6.07, 6.45) is 0. The highest BCUT2D eigenvalue weighted by Crippen LogP contribution is 2.22. The Balaban J connectivity index is 2.18. The molecule has 0 spiro atoms. The number of anilines is 2. The smallest absolute Gasteiger partial charge is 0.274 e. The van der Waals surface area contributed by atoms with Crippen LogP contribution in [0.2, 0.25) is 0 Å². The summed E-state index contributed by atoms with van der Waals surface area (Å²) >= 11 is 0. The fraction of sp³-hybridized carbons (Fsp3) is 0.300. The molecule has 0 radical (unpaired) electrons. The molecule has 0 bridgehead atoms. The normalized spacial score (nSPS) is 10.6. The van der Waals surface area contributed by atoms with Crippen LogP contribution < -0.4 is 15.4 Å². The molecular weight excluding hydrogens is 352 g/mol. The summed E-state index contributed by atoms with van der Waals surface area (Å²) in [5.74, 6) is 4.50. The summed E-state index contributed by atoms with van der Waals surface area (Å²) in [6, 6.07) is 6.09. The fourth-order valence-corrected chi connectivity index (χ4v) is 2.13. The molecule has 27 heavy (non-hydrogen) atoms. The zero-order valence-corrected chi connectivity index (χ0v) is 15.6. The number of rotatable bonds is 5. The van der Waals surface area contributed by atoms with Crippen molar-refractivity contribution in [1.82, 2.24) is 10.3 Å². The summed E-state index contributed by atoms with van der Waals surface area (Å²) in [5.41, 5.74) is 0.0505. The Morgan fingerprint density at radius 3 is 2.44 bits per heavy atom. The van der Waals surface area contributed by atoms with E-state index in [0.717, 1.165) is 18.2 Å². The Hall–Kier alpha value is -3.14. The average Bonchev–Trinajstić information content (AvgIpc) is 2.56. The maximum absolute atomic E-state index is 13.3. The molecule has 0 saturated carbocycles. The molecule has 142 valence electrons. The standard InChI is InChI=1S/C20H21F2N3O2/c1-20(2,3)8-5-9-23-19(26)18-16(27-4)6-7-17(25-18)24-15-11-13(21)10-14(22)12-15/h6-7,10-12H,9H2,1-4H3,(H,23,26)(H,24,25). The van der Waals surface area contributed by atoms with Crippen molar-refractivity contribution in [3.8, 4) is 17.6 Å². The monoisotopic (exact) mass is 373 g/mol. The van der Waals surface area contributed by atoms with E-state index in [-0.39, 0.29) is 34.9 Å². The minimum atomic E-state index is -0.721. The van der Waals surface area contributed by atoms with Gasteiger partial charge in [0.15, 0.2) is 5.69 Å². The van der Waals surface area contributed by atoms with Gasteiger partial charge < -0.3 is 15.4 Å². The molecule has 0 aliphatic rings. The number of methoxy groups -OCH3 is 1. The highest BCUT2D eigenvalue weighted by Gasteiger charge is 2.15. The highest BCUT2D eigenvalue weighted by atomic mass is 19.1. The lowest BCUT2D eigenvalue weighted by atomic mass is 9.98. The predicted octanol–water partition coefficient (Wildman–Crippen LogP) is 3.89. The largest absolute Gasteiger partial charge is 0.494 e. The van der Waals surface area contributed by atoms with Gasteiger partial charge in [0, 0.05) is 17.2 Å². The first-order valence-electron chi connectivity index (χ1n) is 8.24. The zero-order chi connectivity index (χ0) is 20.0. The molecule has 2 rings (SSSR count). The van der Waals surface area contributed by atoms with Crippen molar-refractivity contribution >= 4 is 17.4 Å². The Labute approximate surface area is 157 Å². The number of carbonyl (C=O) groups excluding carboxylic acids is 1. The lowest BCUT2D eigenvalue weighted by molar-refractivity contribution is 0.0950. The molecule has 1 heterocycles. The number of carbonyl (C=O) groups is 1. The third kappa shape index (κ3) is 6.26. The van der Waals surface area contributed by atoms with Gasteiger partial charge in [0.1, 0.15) is 23.2 Å². The van der Waals surface area contributed by atoms with Crippen molar-refractivity contribution in [2.75, 3.05) is 19.0 Å². The minimum Gasteiger partial charge on any atom is -0.494 e. The van der Waals surface area contributed by atoms with Crippen molar-refractivity contribution in [1.29, 1.82) is 0 Å². The zero-order valence-electron chi connectivity index (χ0n) is 15.6. The molecule has 0 atom stereocenters. The van der Waals surface area contributed by atoms with Crippen LogP contribution in [-0.4, -0.2) is 24.5 Å². The van der Waals surface area contributed by atoms with E-state index in [1.54, 1.807) is 6.07 Å². The van der Waals surface area contributed by atoms with Crippen molar-refractivity contribution in [2.45, 2.75) is 20.8 Å². The van der Waals surface area contributed by atoms with E-state index in [0.29, 0.717) is 0 Å². The molecule has 1 amide bonds. The Morgan fingerprint density at radius 1 is 1.19 bits per heavy atom. The number of hydrogen-bond acceptors (Lipinski definition) is 4. The second-order valence-electron chi connectivity index (χ2n) is 6.76. The third-order valence-electron chi connectivity index (χ3n) is 3.23. The molecule has 7 heteroatoms. The van der Waals surface area contributed by atoms with E-state index in [4.69, 9.17) is 4.74 Å². The topological polar surface area (TPSA) is 63.2 Å². The van der Waals surface area contributed by atoms with Gasteiger partial charge in [-0.1, -0.05) is 11.8 Å². The van der Waals surface area contributed by atoms with Gasteiger partial charge in [0.2, 0.25) is 0 Å². The Bertz CT molecular complexity index is 876. The molecule has 2 N–H and O–H groups in total. The van der Waals surface area contributed by atoms with Crippen LogP contribution in [0.5, 0.6) is 5.75 Å². The number of amides is 1. The minimum absolute atomic E-state index is 0.0388. The molecule has 0 aliphatic heterocycles. The number of ether oxygens (including phenoxy) is 1. The summed E-state index contributed by atoms with van der Waals surface area (Å²) in [6.45, 7) is 6.07. The summed E-state index contributed by atoms with van der Waals surface area (Å²) in [5, 5.41) is 5.42. The summed E-state index contributed by atoms with van der Waals surface area (Å²) < 4.78 is 31.8. The van der Waals surface area contributed by atoms with Gasteiger partial charge in [0.25, 0.3) is 5.91 Å². The van der Waals surface area contributed by atoms with Crippen molar-refractivity contribution in [3.05, 3.63) is 47.7 Å². The summed E-state index contributed by atoms with van der Waals surface area (Å²) in [7, 11) is 1.42. The van der Waals surface area contributed by atoms with Gasteiger partial charge in [-0.05, 0) is 45.0 Å². The molecule has 0 unspecified atom stereocenters. The maximum atomic E-state index is 13.3. The molecule has 0 saturated heterocycles. The number of benzene rings is 1. The van der Waals surface area contributed by atoms with Crippen LogP contribution in [0.25, 0.3) is 0 Å².